The van der Waals surface area contributed by atoms with Gasteiger partial charge in [-0.2, -0.15) is 0 Å². The number of thiocarbonyl (C=S) groups is 1. The summed E-state index contributed by atoms with van der Waals surface area (Å²) in [5, 5.41) is 14.0. The smallest absolute Gasteiger partial charge is 0.238 e. The first-order valence-corrected chi connectivity index (χ1v) is 9.57. The van der Waals surface area contributed by atoms with Crippen LogP contribution in [-0.4, -0.2) is 22.7 Å². The molecule has 0 aliphatic heterocycles. The summed E-state index contributed by atoms with van der Waals surface area (Å²) in [7, 11) is 0. The van der Waals surface area contributed by atoms with E-state index in [1.54, 1.807) is 6.08 Å². The third-order valence-corrected chi connectivity index (χ3v) is 4.40. The largest absolute Gasteiger partial charge is 0.507 e. The second-order valence-corrected chi connectivity index (χ2v) is 9.12. The summed E-state index contributed by atoms with van der Waals surface area (Å²) in [5.74, 6) is 0.198. The summed E-state index contributed by atoms with van der Waals surface area (Å²) in [5.41, 5.74) is 7.71. The summed E-state index contributed by atoms with van der Waals surface area (Å²) < 4.78 is 0. The zero-order chi connectivity index (χ0) is 20.8. The fraction of sp³-hybridized carbons (Fsp3) is 0.524. The fourth-order valence-corrected chi connectivity index (χ4v) is 2.77. The number of hydrazine groups is 1. The van der Waals surface area contributed by atoms with E-state index < -0.39 is 0 Å². The number of hydrogen-bond donors (Lipinski definition) is 4. The molecule has 0 bridgehead atoms. The molecule has 0 atom stereocenters. The molecule has 150 valence electrons. The number of hydrogen-bond acceptors (Lipinski definition) is 3. The normalized spacial score (nSPS) is 11.6. The van der Waals surface area contributed by atoms with E-state index in [0.29, 0.717) is 30.2 Å². The van der Waals surface area contributed by atoms with E-state index in [1.807, 2.05) is 12.1 Å². The third kappa shape index (κ3) is 7.21. The van der Waals surface area contributed by atoms with E-state index in [-0.39, 0.29) is 16.7 Å². The van der Waals surface area contributed by atoms with Crippen molar-refractivity contribution in [2.75, 3.05) is 6.54 Å². The van der Waals surface area contributed by atoms with Gasteiger partial charge in [0.25, 0.3) is 0 Å². The number of aryl methyl sites for hydroxylation is 1. The number of phenols is 1. The van der Waals surface area contributed by atoms with E-state index in [1.165, 1.54) is 0 Å². The fourth-order valence-electron chi connectivity index (χ4n) is 2.64. The highest BCUT2D eigenvalue weighted by Crippen LogP contribution is 2.39. The molecule has 1 rings (SSSR count). The zero-order valence-corrected chi connectivity index (χ0v) is 18.1. The molecule has 0 saturated carbocycles. The Morgan fingerprint density at radius 1 is 1.11 bits per heavy atom. The van der Waals surface area contributed by atoms with Gasteiger partial charge in [-0.15, -0.1) is 6.58 Å². The second-order valence-electron chi connectivity index (χ2n) is 8.71. The number of amides is 1. The SMILES string of the molecule is C=CCNC(=S)NNC(=O)CCc1cc(C(C)(C)C)c(O)c(C(C)(C)C)c1. The quantitative estimate of drug-likeness (QED) is 0.351. The number of carbonyl (C=O) groups excluding carboxylic acids is 1. The predicted molar refractivity (Wildman–Crippen MR) is 116 cm³/mol. The number of nitrogens with one attached hydrogen (secondary N) is 3. The van der Waals surface area contributed by atoms with Crippen molar-refractivity contribution in [3.63, 3.8) is 0 Å². The Morgan fingerprint density at radius 3 is 2.07 bits per heavy atom. The monoisotopic (exact) mass is 391 g/mol. The van der Waals surface area contributed by atoms with Crippen LogP contribution < -0.4 is 16.2 Å². The van der Waals surface area contributed by atoms with E-state index in [2.05, 4.69) is 64.3 Å². The van der Waals surface area contributed by atoms with Gasteiger partial charge in [0.1, 0.15) is 5.75 Å². The van der Waals surface area contributed by atoms with E-state index in [4.69, 9.17) is 12.2 Å². The van der Waals surface area contributed by atoms with E-state index in [0.717, 1.165) is 16.7 Å². The molecule has 0 spiro atoms. The molecule has 5 nitrogen and oxygen atoms in total. The summed E-state index contributed by atoms with van der Waals surface area (Å²) >= 11 is 5.03. The Morgan fingerprint density at radius 2 is 1.63 bits per heavy atom. The second kappa shape index (κ2) is 9.22. The van der Waals surface area contributed by atoms with Gasteiger partial charge in [-0.25, -0.2) is 0 Å². The van der Waals surface area contributed by atoms with Crippen LogP contribution in [0.5, 0.6) is 5.75 Å². The van der Waals surface area contributed by atoms with Crippen LogP contribution in [0.3, 0.4) is 0 Å². The minimum atomic E-state index is -0.188. The van der Waals surface area contributed by atoms with Crippen molar-refractivity contribution < 1.29 is 9.90 Å². The van der Waals surface area contributed by atoms with Gasteiger partial charge in [0, 0.05) is 13.0 Å². The molecule has 27 heavy (non-hydrogen) atoms. The minimum absolute atomic E-state index is 0.152. The van der Waals surface area contributed by atoms with Gasteiger partial charge >= 0.3 is 0 Å². The van der Waals surface area contributed by atoms with Crippen LogP contribution in [0.2, 0.25) is 0 Å². The lowest BCUT2D eigenvalue weighted by Crippen LogP contribution is -2.46. The van der Waals surface area contributed by atoms with Crippen LogP contribution in [0.25, 0.3) is 0 Å². The molecule has 0 heterocycles. The Bertz CT molecular complexity index is 665. The lowest BCUT2D eigenvalue weighted by molar-refractivity contribution is -0.121. The van der Waals surface area contributed by atoms with Crippen LogP contribution in [0.15, 0.2) is 24.8 Å². The van der Waals surface area contributed by atoms with Gasteiger partial charge in [-0.3, -0.25) is 15.6 Å². The first-order chi connectivity index (χ1) is 12.4. The molecule has 6 heteroatoms. The Hall–Kier alpha value is -2.08. The third-order valence-electron chi connectivity index (χ3n) is 4.15. The highest BCUT2D eigenvalue weighted by molar-refractivity contribution is 7.80. The average Bonchev–Trinajstić information content (AvgIpc) is 2.54. The van der Waals surface area contributed by atoms with Crippen LogP contribution in [0.4, 0.5) is 0 Å². The van der Waals surface area contributed by atoms with Crippen molar-refractivity contribution in [2.24, 2.45) is 0 Å². The number of carbonyl (C=O) groups is 1. The predicted octanol–water partition coefficient (Wildman–Crippen LogP) is 3.60. The Kier molecular flexibility index (Phi) is 7.84. The van der Waals surface area contributed by atoms with Gasteiger partial charge in [-0.1, -0.05) is 59.8 Å². The molecule has 0 aliphatic rings. The van der Waals surface area contributed by atoms with Crippen molar-refractivity contribution in [2.45, 2.75) is 65.2 Å². The van der Waals surface area contributed by atoms with Crippen molar-refractivity contribution >= 4 is 23.2 Å². The molecule has 0 aliphatic carbocycles. The molecule has 1 aromatic carbocycles. The first kappa shape index (κ1) is 23.0. The summed E-state index contributed by atoms with van der Waals surface area (Å²) in [6.45, 7) is 16.6. The van der Waals surface area contributed by atoms with Crippen LogP contribution >= 0.6 is 12.2 Å². The first-order valence-electron chi connectivity index (χ1n) is 9.16. The van der Waals surface area contributed by atoms with Crippen molar-refractivity contribution in [3.8, 4) is 5.75 Å². The molecule has 0 unspecified atom stereocenters. The van der Waals surface area contributed by atoms with E-state index >= 15 is 0 Å². The van der Waals surface area contributed by atoms with Gasteiger partial charge < -0.3 is 10.4 Å². The standard InChI is InChI=1S/C21H33N3O2S/c1-8-11-22-19(27)24-23-17(25)10-9-14-12-15(20(2,3)4)18(26)16(13-14)21(5,6)7/h8,12-13,26H,1,9-11H2,2-7H3,(H,23,25)(H2,22,24,27). The topological polar surface area (TPSA) is 73.4 Å². The highest BCUT2D eigenvalue weighted by atomic mass is 32.1. The molecule has 0 saturated heterocycles. The maximum absolute atomic E-state index is 12.1. The van der Waals surface area contributed by atoms with Gasteiger partial charge in [-0.05, 0) is 46.2 Å². The van der Waals surface area contributed by atoms with Crippen molar-refractivity contribution in [1.29, 1.82) is 0 Å². The van der Waals surface area contributed by atoms with Crippen molar-refractivity contribution in [1.82, 2.24) is 16.2 Å². The van der Waals surface area contributed by atoms with Gasteiger partial charge in [0.15, 0.2) is 5.11 Å². The number of benzene rings is 1. The maximum atomic E-state index is 12.1. The molecule has 0 radical (unpaired) electrons. The molecular formula is C21H33N3O2S. The minimum Gasteiger partial charge on any atom is -0.507 e. The molecule has 0 aromatic heterocycles. The van der Waals surface area contributed by atoms with Gasteiger partial charge in [0.05, 0.1) is 0 Å². The molecular weight excluding hydrogens is 358 g/mol. The summed E-state index contributed by atoms with van der Waals surface area (Å²) in [4.78, 5) is 12.1. The average molecular weight is 392 g/mol. The maximum Gasteiger partial charge on any atom is 0.238 e. The van der Waals surface area contributed by atoms with Crippen LogP contribution in [-0.2, 0) is 22.0 Å². The number of rotatable bonds is 5. The molecule has 1 amide bonds. The Balaban J connectivity index is 2.87. The molecule has 4 N–H and O–H groups in total. The van der Waals surface area contributed by atoms with E-state index in [9.17, 15) is 9.90 Å². The van der Waals surface area contributed by atoms with Crippen LogP contribution in [0, 0.1) is 0 Å². The van der Waals surface area contributed by atoms with Gasteiger partial charge in [0.2, 0.25) is 5.91 Å². The summed E-state index contributed by atoms with van der Waals surface area (Å²) in [6.07, 6.45) is 2.57. The Labute approximate surface area is 168 Å². The summed E-state index contributed by atoms with van der Waals surface area (Å²) in [6, 6.07) is 4.00. The lowest BCUT2D eigenvalue weighted by Gasteiger charge is -2.28. The lowest BCUT2D eigenvalue weighted by atomic mass is 9.78. The highest BCUT2D eigenvalue weighted by Gasteiger charge is 2.26. The zero-order valence-electron chi connectivity index (χ0n) is 17.3. The number of aromatic hydroxyl groups is 1. The van der Waals surface area contributed by atoms with Crippen LogP contribution in [0.1, 0.15) is 64.7 Å². The molecule has 1 aromatic rings. The van der Waals surface area contributed by atoms with Crippen molar-refractivity contribution in [3.05, 3.63) is 41.5 Å². The molecule has 0 fully saturated rings. The number of phenolic OH excluding ortho intramolecular Hbond substituents is 1.